The minimum Gasteiger partial charge on any atom is -0.449 e. The van der Waals surface area contributed by atoms with Gasteiger partial charge in [0.05, 0.1) is 16.8 Å². The molecule has 7 aromatic carbocycles. The molecule has 3 heteroatoms. The van der Waals surface area contributed by atoms with E-state index in [-0.39, 0.29) is 0 Å². The Hall–Kier alpha value is -6.58. The first-order chi connectivity index (χ1) is 25.8. The molecule has 0 N–H and O–H groups in total. The molecule has 0 radical (unpaired) electrons. The molecule has 3 nitrogen and oxygen atoms in total. The third-order valence-electron chi connectivity index (χ3n) is 11.2. The van der Waals surface area contributed by atoms with Gasteiger partial charge in [-0.05, 0) is 105 Å². The molecule has 1 heterocycles. The SMILES string of the molecule is C1=C2C(=CCC1)C1(c3ccccc32)c2ccccc2-c2cc3c(cc21)Oc1cccc(N(c2ccccc2)c2ccccc2-c2ccccc2)c1O3. The zero-order valence-corrected chi connectivity index (χ0v) is 28.4. The standard InChI is InChI=1S/C49H33NO2/c1-3-16-32(17-4-1)34-20-10-14-27-43(34)50(33-18-5-2-6-19-33)44-28-15-29-45-48(44)52-46-30-38-37-23-9-13-26-41(37)49(42(38)31-47(46)51-45)39-24-11-7-21-35(39)36-22-8-12-25-40(36)49/h1-7,9-11,13-31H,8,12H2. The molecule has 0 fully saturated rings. The van der Waals surface area contributed by atoms with Crippen molar-refractivity contribution in [1.82, 2.24) is 0 Å². The average molecular weight is 668 g/mol. The molecular formula is C49H33NO2. The summed E-state index contributed by atoms with van der Waals surface area (Å²) < 4.78 is 14.0. The molecule has 1 aliphatic heterocycles. The van der Waals surface area contributed by atoms with Crippen molar-refractivity contribution in [3.63, 3.8) is 0 Å². The van der Waals surface area contributed by atoms with Gasteiger partial charge in [0.15, 0.2) is 23.0 Å². The van der Waals surface area contributed by atoms with Crippen molar-refractivity contribution in [3.8, 4) is 45.3 Å². The third-order valence-corrected chi connectivity index (χ3v) is 11.2. The Balaban J connectivity index is 1.10. The number of rotatable bonds is 4. The van der Waals surface area contributed by atoms with Gasteiger partial charge >= 0.3 is 0 Å². The van der Waals surface area contributed by atoms with Gasteiger partial charge in [0.25, 0.3) is 0 Å². The topological polar surface area (TPSA) is 21.7 Å². The molecule has 1 unspecified atom stereocenters. The predicted molar refractivity (Wildman–Crippen MR) is 210 cm³/mol. The fourth-order valence-corrected chi connectivity index (χ4v) is 9.11. The number of para-hydroxylation sites is 3. The normalized spacial score (nSPS) is 16.9. The lowest BCUT2D eigenvalue weighted by Crippen LogP contribution is -2.26. The smallest absolute Gasteiger partial charge is 0.194 e. The van der Waals surface area contributed by atoms with Crippen molar-refractivity contribution in [2.75, 3.05) is 4.90 Å². The van der Waals surface area contributed by atoms with Crippen molar-refractivity contribution in [2.24, 2.45) is 0 Å². The largest absolute Gasteiger partial charge is 0.449 e. The van der Waals surface area contributed by atoms with E-state index in [1.165, 1.54) is 44.5 Å². The summed E-state index contributed by atoms with van der Waals surface area (Å²) in [4.78, 5) is 2.28. The summed E-state index contributed by atoms with van der Waals surface area (Å²) in [5.41, 5.74) is 15.3. The highest BCUT2D eigenvalue weighted by molar-refractivity contribution is 6.01. The van der Waals surface area contributed by atoms with Gasteiger partial charge in [-0.3, -0.25) is 0 Å². The zero-order chi connectivity index (χ0) is 34.2. The van der Waals surface area contributed by atoms with Gasteiger partial charge in [-0.2, -0.15) is 0 Å². The average Bonchev–Trinajstić information content (AvgIpc) is 3.67. The van der Waals surface area contributed by atoms with E-state index in [4.69, 9.17) is 9.47 Å². The quantitative estimate of drug-likeness (QED) is 0.186. The molecule has 246 valence electrons. The minimum absolute atomic E-state index is 0.402. The molecular weight excluding hydrogens is 635 g/mol. The van der Waals surface area contributed by atoms with E-state index in [0.717, 1.165) is 52.5 Å². The molecule has 7 aromatic rings. The van der Waals surface area contributed by atoms with E-state index in [1.54, 1.807) is 0 Å². The Morgan fingerprint density at radius 1 is 0.442 bits per heavy atom. The summed E-state index contributed by atoms with van der Waals surface area (Å²) >= 11 is 0. The van der Waals surface area contributed by atoms with E-state index >= 15 is 0 Å². The van der Waals surface area contributed by atoms with Crippen LogP contribution in [-0.4, -0.2) is 0 Å². The predicted octanol–water partition coefficient (Wildman–Crippen LogP) is 13.2. The van der Waals surface area contributed by atoms with Crippen LogP contribution < -0.4 is 14.4 Å². The fraction of sp³-hybridized carbons (Fsp3) is 0.0612. The van der Waals surface area contributed by atoms with E-state index in [0.29, 0.717) is 11.5 Å². The Kier molecular flexibility index (Phi) is 6.29. The number of hydrogen-bond acceptors (Lipinski definition) is 3. The maximum absolute atomic E-state index is 7.05. The first kappa shape index (κ1) is 29.2. The van der Waals surface area contributed by atoms with Gasteiger partial charge in [-0.15, -0.1) is 0 Å². The maximum atomic E-state index is 7.05. The lowest BCUT2D eigenvalue weighted by Gasteiger charge is -2.33. The van der Waals surface area contributed by atoms with Gasteiger partial charge in [0, 0.05) is 11.3 Å². The highest BCUT2D eigenvalue weighted by Gasteiger charge is 2.54. The molecule has 4 aliphatic rings. The van der Waals surface area contributed by atoms with Crippen LogP contribution in [0.3, 0.4) is 0 Å². The van der Waals surface area contributed by atoms with Gasteiger partial charge in [0.2, 0.25) is 0 Å². The van der Waals surface area contributed by atoms with E-state index in [9.17, 15) is 0 Å². The Bertz CT molecular complexity index is 2640. The monoisotopic (exact) mass is 667 g/mol. The number of benzene rings is 7. The van der Waals surface area contributed by atoms with Crippen LogP contribution in [0.2, 0.25) is 0 Å². The third kappa shape index (κ3) is 4.02. The summed E-state index contributed by atoms with van der Waals surface area (Å²) in [7, 11) is 0. The number of ether oxygens (including phenoxy) is 2. The van der Waals surface area contributed by atoms with Crippen molar-refractivity contribution in [3.05, 3.63) is 204 Å². The van der Waals surface area contributed by atoms with Gasteiger partial charge in [-0.1, -0.05) is 133 Å². The first-order valence-electron chi connectivity index (χ1n) is 18.1. The highest BCUT2D eigenvalue weighted by atomic mass is 16.6. The summed E-state index contributed by atoms with van der Waals surface area (Å²) in [6, 6.07) is 58.2. The highest BCUT2D eigenvalue weighted by Crippen LogP contribution is 2.66. The van der Waals surface area contributed by atoms with Gasteiger partial charge in [0.1, 0.15) is 0 Å². The summed E-state index contributed by atoms with van der Waals surface area (Å²) in [5, 5.41) is 0. The zero-order valence-electron chi connectivity index (χ0n) is 28.4. The summed E-state index contributed by atoms with van der Waals surface area (Å²) in [5.74, 6) is 2.83. The molecule has 0 bridgehead atoms. The number of fused-ring (bicyclic) bond motifs is 12. The van der Waals surface area contributed by atoms with Crippen LogP contribution in [0.4, 0.5) is 17.1 Å². The molecule has 52 heavy (non-hydrogen) atoms. The Morgan fingerprint density at radius 3 is 1.90 bits per heavy atom. The van der Waals surface area contributed by atoms with Crippen LogP contribution in [0.5, 0.6) is 23.0 Å². The van der Waals surface area contributed by atoms with Gasteiger partial charge in [-0.25, -0.2) is 0 Å². The minimum atomic E-state index is -0.402. The Labute approximate surface area is 303 Å². The number of allylic oxidation sites excluding steroid dienone is 4. The number of anilines is 3. The molecule has 1 spiro atoms. The van der Waals surface area contributed by atoms with Crippen molar-refractivity contribution >= 4 is 22.6 Å². The molecule has 11 rings (SSSR count). The second kappa shape index (κ2) is 11.2. The van der Waals surface area contributed by atoms with Crippen LogP contribution in [-0.2, 0) is 5.41 Å². The van der Waals surface area contributed by atoms with Crippen molar-refractivity contribution in [1.29, 1.82) is 0 Å². The van der Waals surface area contributed by atoms with E-state index < -0.39 is 5.41 Å². The number of hydrogen-bond donors (Lipinski definition) is 0. The van der Waals surface area contributed by atoms with Crippen molar-refractivity contribution in [2.45, 2.75) is 18.3 Å². The Morgan fingerprint density at radius 2 is 1.08 bits per heavy atom. The lowest BCUT2D eigenvalue weighted by atomic mass is 9.69. The molecule has 0 saturated carbocycles. The van der Waals surface area contributed by atoms with Gasteiger partial charge < -0.3 is 14.4 Å². The molecule has 0 saturated heterocycles. The maximum Gasteiger partial charge on any atom is 0.194 e. The van der Waals surface area contributed by atoms with Crippen LogP contribution >= 0.6 is 0 Å². The lowest BCUT2D eigenvalue weighted by molar-refractivity contribution is 0.360. The molecule has 0 aromatic heterocycles. The molecule has 0 amide bonds. The summed E-state index contributed by atoms with van der Waals surface area (Å²) in [6.45, 7) is 0. The van der Waals surface area contributed by atoms with Crippen LogP contribution in [0, 0.1) is 0 Å². The van der Waals surface area contributed by atoms with E-state index in [2.05, 4.69) is 175 Å². The van der Waals surface area contributed by atoms with E-state index in [1.807, 2.05) is 6.07 Å². The first-order valence-corrected chi connectivity index (χ1v) is 18.1. The summed E-state index contributed by atoms with van der Waals surface area (Å²) in [6.07, 6.45) is 7.02. The van der Waals surface area contributed by atoms with Crippen LogP contribution in [0.25, 0.3) is 27.8 Å². The number of nitrogens with zero attached hydrogens (tertiary/aromatic N) is 1. The second-order valence-corrected chi connectivity index (χ2v) is 13.9. The molecule has 1 atom stereocenters. The van der Waals surface area contributed by atoms with Crippen LogP contribution in [0.1, 0.15) is 35.1 Å². The second-order valence-electron chi connectivity index (χ2n) is 13.9. The fourth-order valence-electron chi connectivity index (χ4n) is 9.11. The van der Waals surface area contributed by atoms with Crippen molar-refractivity contribution < 1.29 is 9.47 Å². The molecule has 3 aliphatic carbocycles. The van der Waals surface area contributed by atoms with Crippen LogP contribution in [0.15, 0.2) is 182 Å².